The highest BCUT2D eigenvalue weighted by atomic mass is 79.9. The summed E-state index contributed by atoms with van der Waals surface area (Å²) in [5.74, 6) is -0.895. The summed E-state index contributed by atoms with van der Waals surface area (Å²) in [5.41, 5.74) is 4.24. The number of rotatable bonds is 4. The van der Waals surface area contributed by atoms with Gasteiger partial charge in [-0.1, -0.05) is 29.8 Å². The van der Waals surface area contributed by atoms with Crippen LogP contribution in [0.2, 0.25) is 0 Å². The van der Waals surface area contributed by atoms with E-state index in [1.165, 1.54) is 0 Å². The zero-order valence-electron chi connectivity index (χ0n) is 14.1. The molecule has 1 atom stereocenters. The van der Waals surface area contributed by atoms with E-state index in [0.717, 1.165) is 22.4 Å². The molecule has 0 saturated heterocycles. The lowest BCUT2D eigenvalue weighted by atomic mass is 10.0. The SMILES string of the molecule is Cc1cc(C)c(NC(=O)[C@H](C)OC(=O)c2ccccc2Br)c(C)c1. The molecule has 0 saturated carbocycles. The molecule has 24 heavy (non-hydrogen) atoms. The van der Waals surface area contributed by atoms with Gasteiger partial charge in [-0.2, -0.15) is 0 Å². The Morgan fingerprint density at radius 3 is 2.25 bits per heavy atom. The summed E-state index contributed by atoms with van der Waals surface area (Å²) in [6, 6.07) is 10.9. The summed E-state index contributed by atoms with van der Waals surface area (Å²) in [4.78, 5) is 24.5. The standard InChI is InChI=1S/C19H20BrNO3/c1-11-9-12(2)17(13(3)10-11)21-18(22)14(4)24-19(23)15-7-5-6-8-16(15)20/h5-10,14H,1-4H3,(H,21,22)/t14-/m0/s1. The number of ether oxygens (including phenoxy) is 1. The van der Waals surface area contributed by atoms with E-state index in [0.29, 0.717) is 10.0 Å². The maximum atomic E-state index is 12.4. The monoisotopic (exact) mass is 389 g/mol. The maximum Gasteiger partial charge on any atom is 0.340 e. The van der Waals surface area contributed by atoms with Crippen molar-refractivity contribution in [1.29, 1.82) is 0 Å². The smallest absolute Gasteiger partial charge is 0.340 e. The molecule has 0 spiro atoms. The third kappa shape index (κ3) is 4.23. The Morgan fingerprint density at radius 2 is 1.67 bits per heavy atom. The van der Waals surface area contributed by atoms with E-state index in [1.54, 1.807) is 31.2 Å². The quantitative estimate of drug-likeness (QED) is 0.779. The first-order chi connectivity index (χ1) is 11.3. The number of amides is 1. The third-order valence-corrected chi connectivity index (χ3v) is 4.36. The summed E-state index contributed by atoms with van der Waals surface area (Å²) in [6.45, 7) is 7.44. The molecule has 0 heterocycles. The van der Waals surface area contributed by atoms with Crippen molar-refractivity contribution in [2.24, 2.45) is 0 Å². The van der Waals surface area contributed by atoms with E-state index in [9.17, 15) is 9.59 Å². The van der Waals surface area contributed by atoms with Crippen molar-refractivity contribution in [2.75, 3.05) is 5.32 Å². The summed E-state index contributed by atoms with van der Waals surface area (Å²) < 4.78 is 5.91. The van der Waals surface area contributed by atoms with Crippen LogP contribution in [0.3, 0.4) is 0 Å². The zero-order valence-corrected chi connectivity index (χ0v) is 15.7. The molecule has 126 valence electrons. The van der Waals surface area contributed by atoms with Crippen molar-refractivity contribution in [2.45, 2.75) is 33.8 Å². The Hall–Kier alpha value is -2.14. The molecule has 1 N–H and O–H groups in total. The summed E-state index contributed by atoms with van der Waals surface area (Å²) in [6.07, 6.45) is -0.898. The van der Waals surface area contributed by atoms with Crippen LogP contribution in [0, 0.1) is 20.8 Å². The molecule has 1 amide bonds. The van der Waals surface area contributed by atoms with Gasteiger partial charge in [-0.05, 0) is 66.9 Å². The van der Waals surface area contributed by atoms with Crippen molar-refractivity contribution in [3.8, 4) is 0 Å². The molecule has 2 aromatic carbocycles. The van der Waals surface area contributed by atoms with Crippen LogP contribution in [0.5, 0.6) is 0 Å². The Balaban J connectivity index is 2.08. The van der Waals surface area contributed by atoms with Crippen LogP contribution in [0.15, 0.2) is 40.9 Å². The molecule has 4 nitrogen and oxygen atoms in total. The van der Waals surface area contributed by atoms with Gasteiger partial charge in [0.05, 0.1) is 5.56 Å². The molecule has 0 aliphatic rings. The highest BCUT2D eigenvalue weighted by Crippen LogP contribution is 2.22. The number of anilines is 1. The molecule has 0 fully saturated rings. The first-order valence-corrected chi connectivity index (χ1v) is 8.43. The average molecular weight is 390 g/mol. The van der Waals surface area contributed by atoms with Crippen molar-refractivity contribution in [1.82, 2.24) is 0 Å². The molecule has 0 aromatic heterocycles. The molecule has 2 rings (SSSR count). The van der Waals surface area contributed by atoms with Crippen molar-refractivity contribution in [3.05, 3.63) is 63.1 Å². The average Bonchev–Trinajstić information content (AvgIpc) is 2.50. The predicted molar refractivity (Wildman–Crippen MR) is 98.3 cm³/mol. The normalized spacial score (nSPS) is 11.7. The van der Waals surface area contributed by atoms with Gasteiger partial charge in [0.1, 0.15) is 0 Å². The van der Waals surface area contributed by atoms with Crippen molar-refractivity contribution >= 4 is 33.5 Å². The van der Waals surface area contributed by atoms with Crippen LogP contribution in [0.25, 0.3) is 0 Å². The minimum absolute atomic E-state index is 0.356. The number of carbonyl (C=O) groups excluding carboxylic acids is 2. The molecule has 0 radical (unpaired) electrons. The fourth-order valence-corrected chi connectivity index (χ4v) is 2.95. The minimum atomic E-state index is -0.898. The van der Waals surface area contributed by atoms with E-state index >= 15 is 0 Å². The van der Waals surface area contributed by atoms with Gasteiger partial charge in [0, 0.05) is 10.2 Å². The number of carbonyl (C=O) groups is 2. The van der Waals surface area contributed by atoms with E-state index in [1.807, 2.05) is 32.9 Å². The van der Waals surface area contributed by atoms with Gasteiger partial charge < -0.3 is 10.1 Å². The van der Waals surface area contributed by atoms with Crippen LogP contribution in [0.4, 0.5) is 5.69 Å². The molecule has 0 unspecified atom stereocenters. The van der Waals surface area contributed by atoms with Gasteiger partial charge >= 0.3 is 5.97 Å². The first-order valence-electron chi connectivity index (χ1n) is 7.64. The number of benzene rings is 2. The lowest BCUT2D eigenvalue weighted by Crippen LogP contribution is -2.30. The largest absolute Gasteiger partial charge is 0.449 e. The molecule has 5 heteroatoms. The van der Waals surface area contributed by atoms with Crippen LogP contribution in [-0.2, 0) is 9.53 Å². The number of hydrogen-bond donors (Lipinski definition) is 1. The Morgan fingerprint density at radius 1 is 1.08 bits per heavy atom. The molecular formula is C19H20BrNO3. The predicted octanol–water partition coefficient (Wildman–Crippen LogP) is 4.56. The lowest BCUT2D eigenvalue weighted by molar-refractivity contribution is -0.123. The number of aryl methyl sites for hydroxylation is 3. The van der Waals surface area contributed by atoms with Gasteiger partial charge in [-0.25, -0.2) is 4.79 Å². The Labute approximate surface area is 150 Å². The molecule has 2 aromatic rings. The molecular weight excluding hydrogens is 370 g/mol. The number of hydrogen-bond acceptors (Lipinski definition) is 3. The van der Waals surface area contributed by atoms with Gasteiger partial charge in [0.15, 0.2) is 6.10 Å². The van der Waals surface area contributed by atoms with Crippen molar-refractivity contribution < 1.29 is 14.3 Å². The van der Waals surface area contributed by atoms with Gasteiger partial charge in [0.2, 0.25) is 0 Å². The number of halogens is 1. The minimum Gasteiger partial charge on any atom is -0.449 e. The molecule has 0 aliphatic carbocycles. The summed E-state index contributed by atoms with van der Waals surface area (Å²) in [5, 5.41) is 2.85. The van der Waals surface area contributed by atoms with Crippen LogP contribution in [0.1, 0.15) is 34.0 Å². The second-order valence-electron chi connectivity index (χ2n) is 5.79. The van der Waals surface area contributed by atoms with E-state index in [4.69, 9.17) is 4.74 Å². The zero-order chi connectivity index (χ0) is 17.9. The fourth-order valence-electron chi connectivity index (χ4n) is 2.51. The molecule has 0 aliphatic heterocycles. The van der Waals surface area contributed by atoms with Crippen LogP contribution in [-0.4, -0.2) is 18.0 Å². The Bertz CT molecular complexity index is 763. The third-order valence-electron chi connectivity index (χ3n) is 3.67. The van der Waals surface area contributed by atoms with Gasteiger partial charge in [0.25, 0.3) is 5.91 Å². The summed E-state index contributed by atoms with van der Waals surface area (Å²) >= 11 is 3.30. The van der Waals surface area contributed by atoms with Gasteiger partial charge in [-0.15, -0.1) is 0 Å². The maximum absolute atomic E-state index is 12.4. The summed E-state index contributed by atoms with van der Waals surface area (Å²) in [7, 11) is 0. The van der Waals surface area contributed by atoms with Crippen molar-refractivity contribution in [3.63, 3.8) is 0 Å². The number of esters is 1. The highest BCUT2D eigenvalue weighted by molar-refractivity contribution is 9.10. The van der Waals surface area contributed by atoms with E-state index < -0.39 is 12.1 Å². The number of nitrogens with one attached hydrogen (secondary N) is 1. The fraction of sp³-hybridized carbons (Fsp3) is 0.263. The first kappa shape index (κ1) is 18.2. The second kappa shape index (κ2) is 7.62. The molecule has 0 bridgehead atoms. The van der Waals surface area contributed by atoms with Gasteiger partial charge in [-0.3, -0.25) is 4.79 Å². The lowest BCUT2D eigenvalue weighted by Gasteiger charge is -2.17. The van der Waals surface area contributed by atoms with Crippen LogP contribution < -0.4 is 5.32 Å². The highest BCUT2D eigenvalue weighted by Gasteiger charge is 2.21. The van der Waals surface area contributed by atoms with E-state index in [2.05, 4.69) is 21.2 Å². The topological polar surface area (TPSA) is 55.4 Å². The van der Waals surface area contributed by atoms with Crippen LogP contribution >= 0.6 is 15.9 Å². The second-order valence-corrected chi connectivity index (χ2v) is 6.64. The Kier molecular flexibility index (Phi) is 5.78. The van der Waals surface area contributed by atoms with E-state index in [-0.39, 0.29) is 5.91 Å².